The number of imidazole rings is 1. The lowest BCUT2D eigenvalue weighted by Gasteiger charge is -2.33. The molecule has 5 heteroatoms. The summed E-state index contributed by atoms with van der Waals surface area (Å²) in [5.41, 5.74) is 0. The SMILES string of the molecule is c1cn2c(n1)CCC(C1CC3CC(N4CC5CCC4C5)OC3O1)C2. The number of aryl methyl sites for hydroxylation is 1. The molecule has 7 atom stereocenters. The van der Waals surface area contributed by atoms with Crippen LogP contribution in [0.2, 0.25) is 0 Å². The van der Waals surface area contributed by atoms with E-state index in [-0.39, 0.29) is 6.29 Å². The van der Waals surface area contributed by atoms with Crippen LogP contribution >= 0.6 is 0 Å². The van der Waals surface area contributed by atoms with E-state index in [9.17, 15) is 0 Å². The summed E-state index contributed by atoms with van der Waals surface area (Å²) < 4.78 is 15.1. The number of likely N-dealkylation sites (tertiary alicyclic amines) is 1. The lowest BCUT2D eigenvalue weighted by atomic mass is 9.89. The van der Waals surface area contributed by atoms with Crippen LogP contribution in [-0.4, -0.2) is 45.7 Å². The molecule has 0 N–H and O–H groups in total. The number of fused-ring (bicyclic) bond motifs is 4. The van der Waals surface area contributed by atoms with Crippen LogP contribution in [0, 0.1) is 17.8 Å². The fourth-order valence-corrected chi connectivity index (χ4v) is 6.10. The molecule has 7 unspecified atom stereocenters. The third-order valence-corrected chi connectivity index (χ3v) is 7.34. The van der Waals surface area contributed by atoms with Gasteiger partial charge in [0.2, 0.25) is 0 Å². The zero-order valence-electron chi connectivity index (χ0n) is 14.2. The molecule has 3 saturated heterocycles. The second-order valence-electron chi connectivity index (χ2n) is 8.69. The number of hydrogen-bond donors (Lipinski definition) is 0. The molecule has 0 spiro atoms. The van der Waals surface area contributed by atoms with E-state index in [0.717, 1.165) is 24.9 Å². The average molecular weight is 329 g/mol. The normalized spacial score (nSPS) is 47.2. The Labute approximate surface area is 143 Å². The van der Waals surface area contributed by atoms with Gasteiger partial charge in [-0.2, -0.15) is 0 Å². The highest BCUT2D eigenvalue weighted by molar-refractivity contribution is 5.00. The van der Waals surface area contributed by atoms with Gasteiger partial charge in [0.05, 0.1) is 6.10 Å². The topological polar surface area (TPSA) is 39.5 Å². The maximum absolute atomic E-state index is 6.40. The van der Waals surface area contributed by atoms with Crippen molar-refractivity contribution in [3.05, 3.63) is 18.2 Å². The first-order valence-electron chi connectivity index (χ1n) is 9.90. The van der Waals surface area contributed by atoms with E-state index in [1.54, 1.807) is 0 Å². The van der Waals surface area contributed by atoms with Crippen LogP contribution in [-0.2, 0) is 22.4 Å². The highest BCUT2D eigenvalue weighted by Gasteiger charge is 2.51. The van der Waals surface area contributed by atoms with Crippen molar-refractivity contribution < 1.29 is 9.47 Å². The summed E-state index contributed by atoms with van der Waals surface area (Å²) in [6.45, 7) is 2.34. The minimum atomic E-state index is 0.0586. The zero-order chi connectivity index (χ0) is 15.7. The Morgan fingerprint density at radius 2 is 2.00 bits per heavy atom. The Morgan fingerprint density at radius 3 is 2.83 bits per heavy atom. The summed E-state index contributed by atoms with van der Waals surface area (Å²) in [5, 5.41) is 0. The van der Waals surface area contributed by atoms with Gasteiger partial charge >= 0.3 is 0 Å². The number of nitrogens with zero attached hydrogens (tertiary/aromatic N) is 3. The lowest BCUT2D eigenvalue weighted by Crippen LogP contribution is -2.41. The standard InChI is InChI=1S/C19H27N3O2/c1-3-15-7-12(1)10-22(15)18-9-14-8-16(23-19(14)24-18)13-2-4-17-20-5-6-21(17)11-13/h5-6,12-16,18-19H,1-4,7-11H2. The molecule has 0 amide bonds. The first-order chi connectivity index (χ1) is 11.8. The second-order valence-corrected chi connectivity index (χ2v) is 8.69. The van der Waals surface area contributed by atoms with Gasteiger partial charge in [-0.25, -0.2) is 4.98 Å². The van der Waals surface area contributed by atoms with Crippen LogP contribution in [0.15, 0.2) is 12.4 Å². The van der Waals surface area contributed by atoms with E-state index >= 15 is 0 Å². The molecule has 5 aliphatic rings. The molecule has 1 aromatic heterocycles. The van der Waals surface area contributed by atoms with E-state index in [2.05, 4.69) is 20.6 Å². The first kappa shape index (κ1) is 14.3. The second kappa shape index (κ2) is 5.29. The fraction of sp³-hybridized carbons (Fsp3) is 0.842. The van der Waals surface area contributed by atoms with Gasteiger partial charge in [-0.15, -0.1) is 0 Å². The molecule has 1 saturated carbocycles. The largest absolute Gasteiger partial charge is 0.349 e. The highest BCUT2D eigenvalue weighted by atomic mass is 16.7. The van der Waals surface area contributed by atoms with E-state index < -0.39 is 0 Å². The van der Waals surface area contributed by atoms with Gasteiger partial charge in [0.25, 0.3) is 0 Å². The Balaban J connectivity index is 1.10. The zero-order valence-corrected chi connectivity index (χ0v) is 14.2. The average Bonchev–Trinajstić information content (AvgIpc) is 3.37. The summed E-state index contributed by atoms with van der Waals surface area (Å²) in [7, 11) is 0. The van der Waals surface area contributed by atoms with Crippen LogP contribution < -0.4 is 0 Å². The molecule has 5 heterocycles. The number of rotatable bonds is 2. The van der Waals surface area contributed by atoms with Crippen LogP contribution in [0.5, 0.6) is 0 Å². The van der Waals surface area contributed by atoms with E-state index in [0.29, 0.717) is 24.2 Å². The Bertz CT molecular complexity index is 618. The summed E-state index contributed by atoms with van der Waals surface area (Å²) in [6, 6.07) is 0.799. The highest BCUT2D eigenvalue weighted by Crippen LogP contribution is 2.46. The molecular weight excluding hydrogens is 302 g/mol. The van der Waals surface area contributed by atoms with Gasteiger partial charge in [0, 0.05) is 49.8 Å². The summed E-state index contributed by atoms with van der Waals surface area (Å²) in [5.74, 6) is 3.43. The first-order valence-corrected chi connectivity index (χ1v) is 9.90. The molecule has 5 nitrogen and oxygen atoms in total. The van der Waals surface area contributed by atoms with Gasteiger partial charge < -0.3 is 14.0 Å². The van der Waals surface area contributed by atoms with Crippen molar-refractivity contribution in [2.24, 2.45) is 17.8 Å². The Hall–Kier alpha value is -0.910. The van der Waals surface area contributed by atoms with Crippen LogP contribution in [0.3, 0.4) is 0 Å². The van der Waals surface area contributed by atoms with Gasteiger partial charge in [-0.05, 0) is 44.4 Å². The Morgan fingerprint density at radius 1 is 1.00 bits per heavy atom. The lowest BCUT2D eigenvalue weighted by molar-refractivity contribution is -0.182. The Kier molecular flexibility index (Phi) is 3.15. The molecule has 24 heavy (non-hydrogen) atoms. The van der Waals surface area contributed by atoms with Crippen molar-refractivity contribution in [3.8, 4) is 0 Å². The van der Waals surface area contributed by atoms with Crippen LogP contribution in [0.4, 0.5) is 0 Å². The molecule has 0 radical (unpaired) electrons. The maximum atomic E-state index is 6.40. The molecule has 1 aromatic rings. The quantitative estimate of drug-likeness (QED) is 0.835. The van der Waals surface area contributed by atoms with Crippen molar-refractivity contribution in [2.45, 2.75) is 76.2 Å². The van der Waals surface area contributed by atoms with Crippen molar-refractivity contribution in [1.82, 2.24) is 14.5 Å². The molecule has 4 fully saturated rings. The summed E-state index contributed by atoms with van der Waals surface area (Å²) in [4.78, 5) is 7.10. The maximum Gasteiger partial charge on any atom is 0.163 e. The van der Waals surface area contributed by atoms with Crippen LogP contribution in [0.25, 0.3) is 0 Å². The molecule has 130 valence electrons. The van der Waals surface area contributed by atoms with Crippen LogP contribution in [0.1, 0.15) is 44.3 Å². The van der Waals surface area contributed by atoms with Gasteiger partial charge in [-0.3, -0.25) is 4.90 Å². The number of ether oxygens (including phenoxy) is 2. The number of piperidine rings is 1. The van der Waals surface area contributed by atoms with E-state index in [1.807, 2.05) is 6.20 Å². The monoisotopic (exact) mass is 329 g/mol. The van der Waals surface area contributed by atoms with E-state index in [4.69, 9.17) is 9.47 Å². The third-order valence-electron chi connectivity index (χ3n) is 7.34. The van der Waals surface area contributed by atoms with Crippen molar-refractivity contribution in [3.63, 3.8) is 0 Å². The number of hydrogen-bond acceptors (Lipinski definition) is 4. The predicted octanol–water partition coefficient (Wildman–Crippen LogP) is 2.41. The van der Waals surface area contributed by atoms with Gasteiger partial charge in [0.1, 0.15) is 12.1 Å². The predicted molar refractivity (Wildman–Crippen MR) is 88.1 cm³/mol. The molecule has 4 aliphatic heterocycles. The molecule has 6 rings (SSSR count). The van der Waals surface area contributed by atoms with Crippen molar-refractivity contribution in [1.29, 1.82) is 0 Å². The third kappa shape index (κ3) is 2.14. The van der Waals surface area contributed by atoms with Crippen molar-refractivity contribution >= 4 is 0 Å². The minimum Gasteiger partial charge on any atom is -0.349 e. The number of aromatic nitrogens is 2. The minimum absolute atomic E-state index is 0.0586. The molecule has 2 bridgehead atoms. The molecule has 1 aliphatic carbocycles. The molecule has 0 aromatic carbocycles. The molecular formula is C19H27N3O2. The van der Waals surface area contributed by atoms with Crippen molar-refractivity contribution in [2.75, 3.05) is 6.54 Å². The summed E-state index contributed by atoms with van der Waals surface area (Å²) >= 11 is 0. The summed E-state index contributed by atoms with van der Waals surface area (Å²) in [6.07, 6.45) is 13.7. The smallest absolute Gasteiger partial charge is 0.163 e. The fourth-order valence-electron chi connectivity index (χ4n) is 6.10. The van der Waals surface area contributed by atoms with E-state index in [1.165, 1.54) is 50.9 Å². The van der Waals surface area contributed by atoms with Gasteiger partial charge in [-0.1, -0.05) is 0 Å². The van der Waals surface area contributed by atoms with Gasteiger partial charge in [0.15, 0.2) is 6.29 Å².